The minimum Gasteiger partial charge on any atom is -0.493 e. The molecule has 0 radical (unpaired) electrons. The second-order valence-electron chi connectivity index (χ2n) is 6.48. The Morgan fingerprint density at radius 3 is 2.56 bits per heavy atom. The van der Waals surface area contributed by atoms with E-state index in [4.69, 9.17) is 14.6 Å². The number of hydrogen-bond donors (Lipinski definition) is 1. The van der Waals surface area contributed by atoms with Crippen LogP contribution in [0.4, 0.5) is 5.82 Å². The van der Waals surface area contributed by atoms with E-state index in [-0.39, 0.29) is 11.8 Å². The zero-order chi connectivity index (χ0) is 19.0. The largest absolute Gasteiger partial charge is 0.493 e. The van der Waals surface area contributed by atoms with E-state index in [0.29, 0.717) is 23.7 Å². The van der Waals surface area contributed by atoms with Crippen molar-refractivity contribution in [2.45, 2.75) is 19.3 Å². The molecular formula is C21H21N3O3. The summed E-state index contributed by atoms with van der Waals surface area (Å²) in [6.07, 6.45) is 0.331. The molecule has 0 aliphatic carbocycles. The number of methoxy groups -OCH3 is 2. The molecule has 2 aromatic carbocycles. The van der Waals surface area contributed by atoms with E-state index >= 15 is 0 Å². The zero-order valence-electron chi connectivity index (χ0n) is 15.5. The van der Waals surface area contributed by atoms with Gasteiger partial charge in [0.25, 0.3) is 0 Å². The first kappa shape index (κ1) is 17.1. The molecule has 6 heteroatoms. The van der Waals surface area contributed by atoms with Gasteiger partial charge in [0.1, 0.15) is 5.82 Å². The van der Waals surface area contributed by atoms with Gasteiger partial charge in [-0.25, -0.2) is 4.68 Å². The average molecular weight is 363 g/mol. The lowest BCUT2D eigenvalue weighted by Gasteiger charge is -2.26. The number of fused-ring (bicyclic) bond motifs is 1. The number of nitrogens with zero attached hydrogens (tertiary/aromatic N) is 2. The van der Waals surface area contributed by atoms with Gasteiger partial charge in [-0.05, 0) is 25.1 Å². The van der Waals surface area contributed by atoms with Crippen molar-refractivity contribution in [1.82, 2.24) is 9.78 Å². The summed E-state index contributed by atoms with van der Waals surface area (Å²) in [6, 6.07) is 15.5. The second kappa shape index (κ2) is 6.79. The Morgan fingerprint density at radius 2 is 1.85 bits per heavy atom. The Morgan fingerprint density at radius 1 is 1.07 bits per heavy atom. The molecule has 0 saturated heterocycles. The predicted molar refractivity (Wildman–Crippen MR) is 103 cm³/mol. The molecule has 0 bridgehead atoms. The summed E-state index contributed by atoms with van der Waals surface area (Å²) in [4.78, 5) is 12.5. The smallest absolute Gasteiger partial charge is 0.226 e. The Hall–Kier alpha value is -3.28. The fourth-order valence-corrected chi connectivity index (χ4v) is 3.76. The molecule has 0 fully saturated rings. The molecule has 0 spiro atoms. The van der Waals surface area contributed by atoms with Crippen LogP contribution in [0.15, 0.2) is 48.5 Å². The van der Waals surface area contributed by atoms with Gasteiger partial charge in [0.05, 0.1) is 25.6 Å². The molecule has 3 aromatic rings. The van der Waals surface area contributed by atoms with Crippen LogP contribution in [0, 0.1) is 6.92 Å². The molecule has 1 amide bonds. The molecule has 1 aliphatic heterocycles. The molecule has 1 aliphatic rings. The molecule has 27 heavy (non-hydrogen) atoms. The molecule has 6 nitrogen and oxygen atoms in total. The number of aromatic nitrogens is 2. The van der Waals surface area contributed by atoms with Crippen molar-refractivity contribution >= 4 is 11.7 Å². The zero-order valence-corrected chi connectivity index (χ0v) is 15.5. The van der Waals surface area contributed by atoms with E-state index < -0.39 is 0 Å². The van der Waals surface area contributed by atoms with Gasteiger partial charge in [-0.2, -0.15) is 5.10 Å². The van der Waals surface area contributed by atoms with Gasteiger partial charge in [0.15, 0.2) is 11.5 Å². The third-order valence-electron chi connectivity index (χ3n) is 4.91. The minimum atomic E-state index is -0.156. The van der Waals surface area contributed by atoms with E-state index in [2.05, 4.69) is 5.32 Å². The maximum Gasteiger partial charge on any atom is 0.226 e. The predicted octanol–water partition coefficient (Wildman–Crippen LogP) is 3.67. The molecule has 4 rings (SSSR count). The molecule has 2 heterocycles. The highest BCUT2D eigenvalue weighted by Crippen LogP contribution is 2.45. The highest BCUT2D eigenvalue weighted by Gasteiger charge is 2.34. The summed E-state index contributed by atoms with van der Waals surface area (Å²) in [5.74, 6) is 1.81. The van der Waals surface area contributed by atoms with Crippen LogP contribution in [0.1, 0.15) is 29.2 Å². The van der Waals surface area contributed by atoms with Gasteiger partial charge in [-0.15, -0.1) is 0 Å². The standard InChI is InChI=1S/C21H21N3O3/c1-13-19-16(15-10-7-11-17(26-2)20(15)27-3)12-18(25)22-21(19)24(23-13)14-8-5-4-6-9-14/h4-11,16H,12H2,1-3H3,(H,22,25)/t16-/m0/s1. The number of ether oxygens (including phenoxy) is 2. The van der Waals surface area contributed by atoms with Gasteiger partial charge in [-0.1, -0.05) is 30.3 Å². The number of amides is 1. The van der Waals surface area contributed by atoms with Crippen LogP contribution in [-0.2, 0) is 4.79 Å². The number of anilines is 1. The van der Waals surface area contributed by atoms with Crippen molar-refractivity contribution in [2.75, 3.05) is 19.5 Å². The van der Waals surface area contributed by atoms with Crippen LogP contribution in [0.2, 0.25) is 0 Å². The monoisotopic (exact) mass is 363 g/mol. The van der Waals surface area contributed by atoms with Crippen molar-refractivity contribution in [2.24, 2.45) is 0 Å². The number of hydrogen-bond acceptors (Lipinski definition) is 4. The van der Waals surface area contributed by atoms with Crippen LogP contribution in [0.5, 0.6) is 11.5 Å². The van der Waals surface area contributed by atoms with Crippen molar-refractivity contribution < 1.29 is 14.3 Å². The molecule has 138 valence electrons. The number of carbonyl (C=O) groups excluding carboxylic acids is 1. The van der Waals surface area contributed by atoms with Crippen LogP contribution >= 0.6 is 0 Å². The topological polar surface area (TPSA) is 65.4 Å². The first-order valence-corrected chi connectivity index (χ1v) is 8.79. The average Bonchev–Trinajstić information content (AvgIpc) is 3.03. The van der Waals surface area contributed by atoms with E-state index in [0.717, 1.165) is 22.5 Å². The van der Waals surface area contributed by atoms with E-state index in [1.165, 1.54) is 0 Å². The Labute approximate surface area is 157 Å². The second-order valence-corrected chi connectivity index (χ2v) is 6.48. The van der Waals surface area contributed by atoms with E-state index in [1.807, 2.05) is 55.5 Å². The van der Waals surface area contributed by atoms with Crippen molar-refractivity contribution in [3.8, 4) is 17.2 Å². The minimum absolute atomic E-state index is 0.0468. The summed E-state index contributed by atoms with van der Waals surface area (Å²) in [6.45, 7) is 1.97. The van der Waals surface area contributed by atoms with Crippen molar-refractivity contribution in [1.29, 1.82) is 0 Å². The Bertz CT molecular complexity index is 995. The third-order valence-corrected chi connectivity index (χ3v) is 4.91. The first-order valence-electron chi connectivity index (χ1n) is 8.79. The van der Waals surface area contributed by atoms with Gasteiger partial charge >= 0.3 is 0 Å². The van der Waals surface area contributed by atoms with Crippen molar-refractivity contribution in [3.63, 3.8) is 0 Å². The Kier molecular flexibility index (Phi) is 4.32. The number of nitrogens with one attached hydrogen (secondary N) is 1. The molecule has 0 unspecified atom stereocenters. The number of carbonyl (C=O) groups is 1. The summed E-state index contributed by atoms with van der Waals surface area (Å²) in [5.41, 5.74) is 3.71. The summed E-state index contributed by atoms with van der Waals surface area (Å²) >= 11 is 0. The van der Waals surface area contributed by atoms with Crippen LogP contribution in [0.25, 0.3) is 5.69 Å². The van der Waals surface area contributed by atoms with Gasteiger partial charge in [0, 0.05) is 23.5 Å². The molecular weight excluding hydrogens is 342 g/mol. The van der Waals surface area contributed by atoms with Crippen LogP contribution in [-0.4, -0.2) is 29.9 Å². The fourth-order valence-electron chi connectivity index (χ4n) is 3.76. The SMILES string of the molecule is COc1cccc([C@@H]2CC(=O)Nc3c2c(C)nn3-c2ccccc2)c1OC. The molecule has 1 atom stereocenters. The van der Waals surface area contributed by atoms with Crippen LogP contribution < -0.4 is 14.8 Å². The van der Waals surface area contributed by atoms with Gasteiger partial charge < -0.3 is 14.8 Å². The lowest BCUT2D eigenvalue weighted by atomic mass is 9.85. The highest BCUT2D eigenvalue weighted by molar-refractivity contribution is 5.95. The lowest BCUT2D eigenvalue weighted by molar-refractivity contribution is -0.116. The molecule has 1 N–H and O–H groups in total. The number of rotatable bonds is 4. The Balaban J connectivity index is 1.91. The first-order chi connectivity index (χ1) is 13.1. The lowest BCUT2D eigenvalue weighted by Crippen LogP contribution is -2.25. The van der Waals surface area contributed by atoms with Gasteiger partial charge in [0.2, 0.25) is 5.91 Å². The van der Waals surface area contributed by atoms with Crippen LogP contribution in [0.3, 0.4) is 0 Å². The third kappa shape index (κ3) is 2.83. The number of aryl methyl sites for hydroxylation is 1. The summed E-state index contributed by atoms with van der Waals surface area (Å²) in [7, 11) is 3.23. The molecule has 1 aromatic heterocycles. The highest BCUT2D eigenvalue weighted by atomic mass is 16.5. The van der Waals surface area contributed by atoms with Crippen molar-refractivity contribution in [3.05, 3.63) is 65.4 Å². The van der Waals surface area contributed by atoms with E-state index in [1.54, 1.807) is 18.9 Å². The maximum atomic E-state index is 12.5. The number of para-hydroxylation sites is 2. The molecule has 0 saturated carbocycles. The summed E-state index contributed by atoms with van der Waals surface area (Å²) in [5, 5.41) is 7.70. The maximum absolute atomic E-state index is 12.5. The number of benzene rings is 2. The quantitative estimate of drug-likeness (QED) is 0.768. The summed E-state index contributed by atoms with van der Waals surface area (Å²) < 4.78 is 12.9. The van der Waals surface area contributed by atoms with E-state index in [9.17, 15) is 4.79 Å². The normalized spacial score (nSPS) is 15.8. The fraction of sp³-hybridized carbons (Fsp3) is 0.238. The van der Waals surface area contributed by atoms with Gasteiger partial charge in [-0.3, -0.25) is 4.79 Å².